The van der Waals surface area contributed by atoms with Crippen LogP contribution in [0.4, 0.5) is 0 Å². The Kier molecular flexibility index (Phi) is 11.1. The van der Waals surface area contributed by atoms with Gasteiger partial charge in [0.2, 0.25) is 0 Å². The maximum atomic E-state index is 14.7. The highest BCUT2D eigenvalue weighted by atomic mass is 16.5. The minimum absolute atomic E-state index is 0.160. The molecule has 0 unspecified atom stereocenters. The summed E-state index contributed by atoms with van der Waals surface area (Å²) in [5.41, 5.74) is 9.38. The van der Waals surface area contributed by atoms with Crippen LogP contribution in [0.15, 0.2) is 18.2 Å². The van der Waals surface area contributed by atoms with E-state index in [1.54, 1.807) is 6.92 Å². The molecule has 10 heteroatoms. The first kappa shape index (κ1) is 37.4. The number of hydrogen-bond acceptors (Lipinski definition) is 7. The molecule has 3 N–H and O–H groups in total. The third-order valence-corrected chi connectivity index (χ3v) is 11.6. The molecule has 0 saturated carbocycles. The number of unbranched alkanes of at least 4 members (excludes halogenated alkanes) is 3. The number of hydrogen-bond donors (Lipinski definition) is 3. The Morgan fingerprint density at radius 1 is 0.904 bits per heavy atom. The molecule has 4 aliphatic rings. The van der Waals surface area contributed by atoms with Crippen LogP contribution in [0.2, 0.25) is 0 Å². The van der Waals surface area contributed by atoms with Crippen molar-refractivity contribution in [2.45, 2.75) is 137 Å². The fraction of sp³-hybridized carbons (Fsp3) is 0.548. The highest BCUT2D eigenvalue weighted by molar-refractivity contribution is 6.23. The third-order valence-electron chi connectivity index (χ3n) is 11.6. The molecule has 10 nitrogen and oxygen atoms in total. The van der Waals surface area contributed by atoms with Crippen molar-refractivity contribution in [1.29, 1.82) is 0 Å². The fourth-order valence-corrected chi connectivity index (χ4v) is 8.51. The van der Waals surface area contributed by atoms with Crippen LogP contribution in [0, 0.1) is 6.92 Å². The van der Waals surface area contributed by atoms with E-state index in [4.69, 9.17) is 14.7 Å². The summed E-state index contributed by atoms with van der Waals surface area (Å²) < 4.78 is 5.45. The maximum Gasteiger partial charge on any atom is 0.305 e. The van der Waals surface area contributed by atoms with Crippen molar-refractivity contribution < 1.29 is 24.2 Å². The number of nitrogens with zero attached hydrogens (tertiary/aromatic N) is 3. The van der Waals surface area contributed by atoms with Crippen molar-refractivity contribution >= 4 is 40.0 Å². The Labute approximate surface area is 307 Å². The summed E-state index contributed by atoms with van der Waals surface area (Å²) in [6.45, 7) is 16.9. The van der Waals surface area contributed by atoms with Crippen molar-refractivity contribution in [2.75, 3.05) is 13.2 Å². The van der Waals surface area contributed by atoms with E-state index in [2.05, 4.69) is 49.8 Å². The number of carbonyl (C=O) groups is 3. The number of rotatable bonds is 12. The van der Waals surface area contributed by atoms with Gasteiger partial charge in [-0.1, -0.05) is 53.9 Å². The molecule has 0 fully saturated rings. The summed E-state index contributed by atoms with van der Waals surface area (Å²) in [6, 6.07) is 6.11. The molecule has 0 spiro atoms. The van der Waals surface area contributed by atoms with E-state index in [9.17, 15) is 19.5 Å². The van der Waals surface area contributed by atoms with Crippen LogP contribution in [0.1, 0.15) is 184 Å². The molecule has 0 aromatic carbocycles. The summed E-state index contributed by atoms with van der Waals surface area (Å²) >= 11 is 0. The van der Waals surface area contributed by atoms with Gasteiger partial charge in [0.1, 0.15) is 0 Å². The van der Waals surface area contributed by atoms with E-state index in [-0.39, 0.29) is 47.9 Å². The number of aromatic amines is 2. The number of aryl methyl sites for hydroxylation is 1. The molecule has 0 radical (unpaired) electrons. The van der Waals surface area contributed by atoms with Gasteiger partial charge in [-0.3, -0.25) is 24.3 Å². The van der Waals surface area contributed by atoms with Gasteiger partial charge in [-0.2, -0.15) is 0 Å². The first-order valence-corrected chi connectivity index (χ1v) is 19.4. The van der Waals surface area contributed by atoms with Gasteiger partial charge in [0, 0.05) is 64.8 Å². The number of carbonyl (C=O) groups excluding carboxylic acids is 3. The zero-order valence-corrected chi connectivity index (χ0v) is 32.1. The molecule has 278 valence electrons. The van der Waals surface area contributed by atoms with E-state index >= 15 is 0 Å². The quantitative estimate of drug-likeness (QED) is 0.114. The number of aliphatic hydroxyl groups excluding tert-OH is 1. The smallest absolute Gasteiger partial charge is 0.305 e. The summed E-state index contributed by atoms with van der Waals surface area (Å²) in [5, 5.41) is 11.0. The molecule has 6 heterocycles. The van der Waals surface area contributed by atoms with Crippen molar-refractivity contribution in [2.24, 2.45) is 0 Å². The van der Waals surface area contributed by atoms with E-state index in [0.29, 0.717) is 53.3 Å². The number of aromatic nitrogens is 4. The summed E-state index contributed by atoms with van der Waals surface area (Å²) in [5.74, 6) is -1.04. The molecule has 8 bridgehead atoms. The van der Waals surface area contributed by atoms with Crippen molar-refractivity contribution in [3.05, 3.63) is 69.1 Å². The minimum Gasteiger partial charge on any atom is -0.466 e. The average Bonchev–Trinajstić information content (AvgIpc) is 3.79. The van der Waals surface area contributed by atoms with Gasteiger partial charge >= 0.3 is 5.97 Å². The van der Waals surface area contributed by atoms with Crippen LogP contribution in [0.3, 0.4) is 0 Å². The van der Waals surface area contributed by atoms with Gasteiger partial charge < -0.3 is 19.8 Å². The van der Waals surface area contributed by atoms with Gasteiger partial charge in [-0.15, -0.1) is 0 Å². The van der Waals surface area contributed by atoms with Crippen LogP contribution in [-0.4, -0.2) is 67.0 Å². The average molecular weight is 710 g/mol. The predicted molar refractivity (Wildman–Crippen MR) is 204 cm³/mol. The lowest BCUT2D eigenvalue weighted by atomic mass is 9.84. The van der Waals surface area contributed by atoms with Crippen LogP contribution in [0.5, 0.6) is 0 Å². The molecule has 6 rings (SSSR count). The van der Waals surface area contributed by atoms with Crippen molar-refractivity contribution in [3.63, 3.8) is 0 Å². The first-order valence-electron chi connectivity index (χ1n) is 19.4. The predicted octanol–water partition coefficient (Wildman–Crippen LogP) is 8.75. The highest BCUT2D eigenvalue weighted by Crippen LogP contribution is 2.45. The number of amides is 2. The third kappa shape index (κ3) is 6.70. The van der Waals surface area contributed by atoms with Crippen LogP contribution in [-0.2, 0) is 9.53 Å². The Balaban J connectivity index is 1.68. The summed E-state index contributed by atoms with van der Waals surface area (Å²) in [6.07, 6.45) is 5.22. The molecule has 52 heavy (non-hydrogen) atoms. The zero-order valence-electron chi connectivity index (χ0n) is 32.1. The Morgan fingerprint density at radius 3 is 2.35 bits per heavy atom. The van der Waals surface area contributed by atoms with E-state index < -0.39 is 6.10 Å². The number of H-pyrrole nitrogens is 2. The number of fused-ring (bicyclic) bond motifs is 8. The van der Waals surface area contributed by atoms with Crippen LogP contribution < -0.4 is 0 Å². The summed E-state index contributed by atoms with van der Waals surface area (Å²) in [4.78, 5) is 60.8. The molecule has 0 aliphatic carbocycles. The Hall–Kier alpha value is -4.31. The van der Waals surface area contributed by atoms with Crippen LogP contribution in [0.25, 0.3) is 22.2 Å². The molecule has 2 aromatic heterocycles. The van der Waals surface area contributed by atoms with Crippen molar-refractivity contribution in [1.82, 2.24) is 24.8 Å². The van der Waals surface area contributed by atoms with Gasteiger partial charge in [-0.05, 0) is 75.8 Å². The molecular weight excluding hydrogens is 654 g/mol. The Morgan fingerprint density at radius 2 is 1.65 bits per heavy atom. The van der Waals surface area contributed by atoms with E-state index in [0.717, 1.165) is 77.8 Å². The maximum absolute atomic E-state index is 14.7. The zero-order chi connectivity index (χ0) is 37.4. The fourth-order valence-electron chi connectivity index (χ4n) is 8.51. The number of allylic oxidation sites excluding steroid dienone is 1. The molecule has 0 saturated heterocycles. The van der Waals surface area contributed by atoms with Gasteiger partial charge in [0.25, 0.3) is 11.8 Å². The molecule has 2 amide bonds. The second-order valence-corrected chi connectivity index (χ2v) is 15.1. The molecular formula is C42H55N5O5. The lowest BCUT2D eigenvalue weighted by molar-refractivity contribution is -0.143. The molecule has 2 aromatic rings. The lowest BCUT2D eigenvalue weighted by Gasteiger charge is -2.27. The number of imide groups is 1. The number of aliphatic hydroxyl groups is 1. The van der Waals surface area contributed by atoms with Gasteiger partial charge in [0.05, 0.1) is 46.4 Å². The minimum atomic E-state index is -0.737. The topological polar surface area (TPSA) is 141 Å². The SMILES string of the molecule is CCCCCCN1C(=O)c2c3nc(cc4nc(cc5[nH]c(cc6[nH]c2c(c6C)C1=O)[C@H](CC)[C@H]5C)C([C@@H](C)O)=C4C)[C@@H](C)[C@@H]3CCC(=O)OCCC. The largest absolute Gasteiger partial charge is 0.466 e. The molecule has 4 aliphatic heterocycles. The number of esters is 1. The van der Waals surface area contributed by atoms with Crippen LogP contribution >= 0.6 is 0 Å². The van der Waals surface area contributed by atoms with Gasteiger partial charge in [0.15, 0.2) is 0 Å². The van der Waals surface area contributed by atoms with E-state index in [1.165, 1.54) is 4.90 Å². The summed E-state index contributed by atoms with van der Waals surface area (Å²) in [7, 11) is 0. The number of nitrogens with one attached hydrogen (secondary N) is 2. The molecule has 5 atom stereocenters. The standard InChI is InChI=1S/C42H55N5O5/c1-9-12-13-14-17-47-41(50)37-25(7)32-20-33-27(11-3)22(4)29(43-33)21-34-36(26(8)48)24(6)31(44-34)19-30-23(5)28(15-16-35(49)52-18-10-2)39(45-30)38(42(47)51)40(37)46-32/h19-23,26-28,43,46,48H,9-18H2,1-8H3/t22-,23+,26-,27-,28+/m1/s1. The lowest BCUT2D eigenvalue weighted by Crippen LogP contribution is -2.41. The Bertz CT molecular complexity index is 1990. The second kappa shape index (κ2) is 15.3. The first-order chi connectivity index (χ1) is 24.9. The van der Waals surface area contributed by atoms with E-state index in [1.807, 2.05) is 26.8 Å². The van der Waals surface area contributed by atoms with Gasteiger partial charge in [-0.25, -0.2) is 4.98 Å². The number of ether oxygens (including phenoxy) is 1. The van der Waals surface area contributed by atoms with Crippen molar-refractivity contribution in [3.8, 4) is 0 Å². The normalized spacial score (nSPS) is 21.1. The monoisotopic (exact) mass is 709 g/mol. The highest BCUT2D eigenvalue weighted by Gasteiger charge is 2.41. The second-order valence-electron chi connectivity index (χ2n) is 15.1.